The van der Waals surface area contributed by atoms with Gasteiger partial charge in [-0.25, -0.2) is 13.1 Å². The molecule has 0 N–H and O–H groups in total. The highest BCUT2D eigenvalue weighted by Crippen LogP contribution is 2.36. The first-order valence-corrected chi connectivity index (χ1v) is 12.5. The summed E-state index contributed by atoms with van der Waals surface area (Å²) in [5, 5.41) is 14.9. The molecule has 0 amide bonds. The number of hydrogen-bond donors (Lipinski definition) is 0. The molecule has 0 bridgehead atoms. The number of para-hydroxylation sites is 1. The maximum atomic E-state index is 13.2. The number of nitrogens with zero attached hydrogens (tertiary/aromatic N) is 3. The molecule has 7 nitrogen and oxygen atoms in total. The van der Waals surface area contributed by atoms with Crippen molar-refractivity contribution in [2.75, 3.05) is 13.2 Å². The largest absolute Gasteiger partial charge is 0.486 e. The number of ether oxygens (including phenoxy) is 2. The van der Waals surface area contributed by atoms with Crippen LogP contribution in [0.2, 0.25) is 5.02 Å². The molecule has 0 radical (unpaired) electrons. The molecule has 35 heavy (non-hydrogen) atoms. The predicted octanol–water partition coefficient (Wildman–Crippen LogP) is 5.30. The van der Waals surface area contributed by atoms with Gasteiger partial charge in [-0.1, -0.05) is 29.8 Å². The zero-order chi connectivity index (χ0) is 24.4. The molecule has 1 aliphatic heterocycles. The third-order valence-electron chi connectivity index (χ3n) is 5.39. The normalized spacial score (nSPS) is 13.3. The molecule has 1 aromatic heterocycles. The highest BCUT2D eigenvalue weighted by molar-refractivity contribution is 7.95. The van der Waals surface area contributed by atoms with E-state index in [-0.39, 0.29) is 4.90 Å². The third-order valence-corrected chi connectivity index (χ3v) is 7.32. The Balaban J connectivity index is 1.66. The van der Waals surface area contributed by atoms with Crippen LogP contribution < -0.4 is 9.47 Å². The summed E-state index contributed by atoms with van der Waals surface area (Å²) in [5.74, 6) is 1.20. The minimum absolute atomic E-state index is 0.0222. The SMILES string of the molecule is N#CC(=Cc1cn(-c2ccccc2)nc1-c1ccc2c(c1)OCCO2)S(=O)(=O)c1ccc(Cl)cc1. The predicted molar refractivity (Wildman–Crippen MR) is 132 cm³/mol. The molecule has 5 rings (SSSR count). The van der Waals surface area contributed by atoms with E-state index in [4.69, 9.17) is 26.2 Å². The van der Waals surface area contributed by atoms with Gasteiger partial charge in [0, 0.05) is 22.3 Å². The van der Waals surface area contributed by atoms with Crippen LogP contribution in [0.1, 0.15) is 5.56 Å². The van der Waals surface area contributed by atoms with Crippen LogP contribution in [0.3, 0.4) is 0 Å². The lowest BCUT2D eigenvalue weighted by Gasteiger charge is -2.18. The summed E-state index contributed by atoms with van der Waals surface area (Å²) < 4.78 is 39.4. The molecule has 0 fully saturated rings. The molecule has 0 atom stereocenters. The monoisotopic (exact) mass is 503 g/mol. The smallest absolute Gasteiger partial charge is 0.216 e. The van der Waals surface area contributed by atoms with Crippen LogP contribution in [0, 0.1) is 11.3 Å². The Morgan fingerprint density at radius 1 is 1.00 bits per heavy atom. The van der Waals surface area contributed by atoms with Crippen molar-refractivity contribution in [2.24, 2.45) is 0 Å². The molecule has 4 aromatic rings. The maximum Gasteiger partial charge on any atom is 0.216 e. The van der Waals surface area contributed by atoms with E-state index < -0.39 is 14.7 Å². The molecule has 0 saturated carbocycles. The van der Waals surface area contributed by atoms with Gasteiger partial charge < -0.3 is 9.47 Å². The Labute approximate surface area is 207 Å². The fourth-order valence-corrected chi connectivity index (χ4v) is 4.95. The van der Waals surface area contributed by atoms with Gasteiger partial charge >= 0.3 is 0 Å². The van der Waals surface area contributed by atoms with Gasteiger partial charge in [0.2, 0.25) is 9.84 Å². The summed E-state index contributed by atoms with van der Waals surface area (Å²) in [6.45, 7) is 0.899. The first kappa shape index (κ1) is 22.7. The van der Waals surface area contributed by atoms with Crippen LogP contribution in [0.5, 0.6) is 11.5 Å². The Morgan fingerprint density at radius 3 is 2.43 bits per heavy atom. The molecular weight excluding hydrogens is 486 g/mol. The van der Waals surface area contributed by atoms with E-state index in [9.17, 15) is 13.7 Å². The number of rotatable bonds is 5. The molecule has 0 unspecified atom stereocenters. The highest BCUT2D eigenvalue weighted by Gasteiger charge is 2.23. The van der Waals surface area contributed by atoms with E-state index in [1.165, 1.54) is 30.3 Å². The van der Waals surface area contributed by atoms with Gasteiger partial charge in [0.1, 0.15) is 29.9 Å². The van der Waals surface area contributed by atoms with E-state index in [0.717, 1.165) is 5.69 Å². The number of fused-ring (bicyclic) bond motifs is 1. The van der Waals surface area contributed by atoms with Crippen LogP contribution in [0.15, 0.2) is 88.8 Å². The topological polar surface area (TPSA) is 94.2 Å². The zero-order valence-electron chi connectivity index (χ0n) is 18.3. The zero-order valence-corrected chi connectivity index (χ0v) is 19.8. The van der Waals surface area contributed by atoms with Gasteiger partial charge in [-0.15, -0.1) is 0 Å². The van der Waals surface area contributed by atoms with Crippen LogP contribution in [0.4, 0.5) is 0 Å². The first-order valence-electron chi connectivity index (χ1n) is 10.6. The summed E-state index contributed by atoms with van der Waals surface area (Å²) in [7, 11) is -4.08. The molecular formula is C26H18ClN3O4S. The van der Waals surface area contributed by atoms with Crippen molar-refractivity contribution in [2.45, 2.75) is 4.90 Å². The van der Waals surface area contributed by atoms with Crippen molar-refractivity contribution in [3.05, 3.63) is 94.5 Å². The Kier molecular flexibility index (Phi) is 6.03. The van der Waals surface area contributed by atoms with E-state index >= 15 is 0 Å². The number of allylic oxidation sites excluding steroid dienone is 1. The van der Waals surface area contributed by atoms with Gasteiger partial charge in [0.05, 0.1) is 10.6 Å². The van der Waals surface area contributed by atoms with Gasteiger partial charge in [0.25, 0.3) is 0 Å². The molecule has 0 aliphatic carbocycles. The second kappa shape index (κ2) is 9.29. The van der Waals surface area contributed by atoms with Crippen molar-refractivity contribution >= 4 is 27.5 Å². The lowest BCUT2D eigenvalue weighted by Crippen LogP contribution is -2.15. The van der Waals surface area contributed by atoms with Crippen LogP contribution in [-0.2, 0) is 9.84 Å². The van der Waals surface area contributed by atoms with Crippen molar-refractivity contribution in [3.63, 3.8) is 0 Å². The molecule has 9 heteroatoms. The molecule has 1 aliphatic rings. The molecule has 2 heterocycles. The number of aromatic nitrogens is 2. The minimum Gasteiger partial charge on any atom is -0.486 e. The van der Waals surface area contributed by atoms with E-state index in [1.807, 2.05) is 42.5 Å². The fourth-order valence-electron chi connectivity index (χ4n) is 3.67. The van der Waals surface area contributed by atoms with Crippen molar-refractivity contribution in [1.82, 2.24) is 9.78 Å². The van der Waals surface area contributed by atoms with Gasteiger partial charge in [-0.3, -0.25) is 0 Å². The van der Waals surface area contributed by atoms with Crippen LogP contribution >= 0.6 is 11.6 Å². The maximum absolute atomic E-state index is 13.2. The van der Waals surface area contributed by atoms with Gasteiger partial charge in [-0.2, -0.15) is 10.4 Å². The number of halogens is 1. The Hall–Kier alpha value is -4.06. The third kappa shape index (κ3) is 4.52. The lowest BCUT2D eigenvalue weighted by molar-refractivity contribution is 0.171. The van der Waals surface area contributed by atoms with Crippen molar-refractivity contribution in [1.29, 1.82) is 5.26 Å². The summed E-state index contributed by atoms with van der Waals surface area (Å²) in [5.41, 5.74) is 2.42. The average Bonchev–Trinajstić information content (AvgIpc) is 3.31. The first-order chi connectivity index (χ1) is 17.0. The number of benzene rings is 3. The molecule has 3 aromatic carbocycles. The van der Waals surface area contributed by atoms with E-state index in [1.54, 1.807) is 23.0 Å². The van der Waals surface area contributed by atoms with E-state index in [0.29, 0.717) is 46.6 Å². The van der Waals surface area contributed by atoms with E-state index in [2.05, 4.69) is 0 Å². The van der Waals surface area contributed by atoms with Gasteiger partial charge in [-0.05, 0) is 60.7 Å². The van der Waals surface area contributed by atoms with Crippen LogP contribution in [-0.4, -0.2) is 31.4 Å². The lowest BCUT2D eigenvalue weighted by atomic mass is 10.1. The number of nitriles is 1. The van der Waals surface area contributed by atoms with Crippen LogP contribution in [0.25, 0.3) is 23.0 Å². The Morgan fingerprint density at radius 2 is 1.71 bits per heavy atom. The second-order valence-corrected chi connectivity index (χ2v) is 10.0. The molecule has 0 spiro atoms. The average molecular weight is 504 g/mol. The van der Waals surface area contributed by atoms with Crippen molar-refractivity contribution in [3.8, 4) is 34.5 Å². The summed E-state index contributed by atoms with van der Waals surface area (Å²) >= 11 is 5.90. The highest BCUT2D eigenvalue weighted by atomic mass is 35.5. The summed E-state index contributed by atoms with van der Waals surface area (Å²) in [6, 6.07) is 22.3. The summed E-state index contributed by atoms with van der Waals surface area (Å²) in [6.07, 6.45) is 3.03. The van der Waals surface area contributed by atoms with Crippen molar-refractivity contribution < 1.29 is 17.9 Å². The molecule has 0 saturated heterocycles. The summed E-state index contributed by atoms with van der Waals surface area (Å²) in [4.78, 5) is -0.433. The minimum atomic E-state index is -4.08. The second-order valence-electron chi connectivity index (χ2n) is 7.65. The van der Waals surface area contributed by atoms with Gasteiger partial charge in [0.15, 0.2) is 11.5 Å². The molecule has 174 valence electrons. The number of hydrogen-bond acceptors (Lipinski definition) is 6. The number of sulfone groups is 1. The fraction of sp³-hybridized carbons (Fsp3) is 0.0769. The Bertz CT molecular complexity index is 1570. The standard InChI is InChI=1S/C26H18ClN3O4S/c27-20-7-9-22(10-8-20)35(31,32)23(16-28)14-19-17-30(21-4-2-1-3-5-21)29-26(19)18-6-11-24-25(15-18)34-13-12-33-24/h1-11,14-15,17H,12-13H2. The quantitative estimate of drug-likeness (QED) is 0.343.